The Morgan fingerprint density at radius 2 is 1.24 bits per heavy atom. The van der Waals surface area contributed by atoms with Crippen LogP contribution >= 0.6 is 8.17 Å². The van der Waals surface area contributed by atoms with Gasteiger partial charge in [0.2, 0.25) is 0 Å². The van der Waals surface area contributed by atoms with Crippen LogP contribution in [0.5, 0.6) is 0 Å². The average molecular weight is 384 g/mol. The molecule has 1 radical (unpaired) electrons. The molecule has 0 saturated heterocycles. The molecule has 0 aliphatic carbocycles. The Labute approximate surface area is 120 Å². The molecule has 0 fully saturated rings. The summed E-state index contributed by atoms with van der Waals surface area (Å²) in [6.45, 7) is 7.46. The monoisotopic (exact) mass is 383 g/mol. The average Bonchev–Trinajstić information content (AvgIpc) is 2.18. The van der Waals surface area contributed by atoms with Gasteiger partial charge in [0.1, 0.15) is 0 Å². The Kier molecular flexibility index (Phi) is 11.7. The maximum absolute atomic E-state index is 11.4. The summed E-state index contributed by atoms with van der Waals surface area (Å²) in [5.41, 5.74) is 0. The number of hydrogen-bond acceptors (Lipinski definition) is 6. The van der Waals surface area contributed by atoms with Crippen LogP contribution in [0.1, 0.15) is 27.7 Å². The molecule has 0 aromatic carbocycles. The van der Waals surface area contributed by atoms with E-state index in [2.05, 4.69) is 0 Å². The van der Waals surface area contributed by atoms with Crippen molar-refractivity contribution in [3.63, 3.8) is 0 Å². The van der Waals surface area contributed by atoms with Crippen molar-refractivity contribution in [1.82, 2.24) is 0 Å². The first-order valence-electron chi connectivity index (χ1n) is 5.30. The van der Waals surface area contributed by atoms with E-state index in [1.807, 2.05) is 0 Å². The van der Waals surface area contributed by atoms with Crippen LogP contribution in [-0.4, -0.2) is 34.0 Å². The molecule has 0 aliphatic heterocycles. The first-order valence-corrected chi connectivity index (χ1v) is 8.51. The smallest absolute Gasteiger partial charge is 0 e. The van der Waals surface area contributed by atoms with Gasteiger partial charge < -0.3 is 0 Å². The molecule has 0 N–H and O–H groups in total. The zero-order valence-electron chi connectivity index (χ0n) is 10.5. The molecule has 0 amide bonds. The summed E-state index contributed by atoms with van der Waals surface area (Å²) in [6, 6.07) is 0. The van der Waals surface area contributed by atoms with Gasteiger partial charge in [0.05, 0.1) is 0 Å². The number of rotatable bonds is 9. The molecule has 0 saturated carbocycles. The molecule has 0 rings (SSSR count). The van der Waals surface area contributed by atoms with Gasteiger partial charge >= 0.3 is 97.5 Å². The zero-order chi connectivity index (χ0) is 12.7. The molecule has 111 valence electrons. The SMILES string of the molecule is CCO[PH](OCC)(OCC)OS(=O)(=O)CC.[Ag]. The first-order chi connectivity index (χ1) is 7.45. The Morgan fingerprint density at radius 1 is 0.882 bits per heavy atom. The fourth-order valence-electron chi connectivity index (χ4n) is 0.942. The van der Waals surface area contributed by atoms with Crippen molar-refractivity contribution in [2.75, 3.05) is 25.6 Å². The third-order valence-corrected chi connectivity index (χ3v) is 6.01. The van der Waals surface area contributed by atoms with Gasteiger partial charge in [-0.25, -0.2) is 0 Å². The van der Waals surface area contributed by atoms with Crippen molar-refractivity contribution in [1.29, 1.82) is 0 Å². The quantitative estimate of drug-likeness (QED) is 0.447. The fourth-order valence-corrected chi connectivity index (χ4v) is 4.55. The third-order valence-electron chi connectivity index (χ3n) is 1.55. The predicted molar refractivity (Wildman–Crippen MR) is 63.7 cm³/mol. The normalized spacial score (nSPS) is 13.2. The molecular weight excluding hydrogens is 363 g/mol. The van der Waals surface area contributed by atoms with Crippen LogP contribution in [0.25, 0.3) is 0 Å². The Bertz CT molecular complexity index is 267. The minimum Gasteiger partial charge on any atom is 0 e. The van der Waals surface area contributed by atoms with Gasteiger partial charge in [-0.3, -0.25) is 0 Å². The molecule has 0 aliphatic rings. The van der Waals surface area contributed by atoms with Crippen LogP contribution in [0.4, 0.5) is 0 Å². The van der Waals surface area contributed by atoms with E-state index >= 15 is 0 Å². The first kappa shape index (κ1) is 20.3. The minimum atomic E-state index is -3.66. The van der Waals surface area contributed by atoms with Crippen molar-refractivity contribution in [2.24, 2.45) is 0 Å². The Morgan fingerprint density at radius 3 is 1.47 bits per heavy atom. The second-order valence-electron chi connectivity index (χ2n) is 2.73. The molecule has 0 spiro atoms. The largest absolute Gasteiger partial charge is 0 e. The van der Waals surface area contributed by atoms with E-state index in [1.54, 1.807) is 20.8 Å². The zero-order valence-corrected chi connectivity index (χ0v) is 13.8. The summed E-state index contributed by atoms with van der Waals surface area (Å²) in [4.78, 5) is 0. The van der Waals surface area contributed by atoms with Gasteiger partial charge in [-0.05, 0) is 0 Å². The van der Waals surface area contributed by atoms with E-state index in [4.69, 9.17) is 17.5 Å². The van der Waals surface area contributed by atoms with E-state index in [-0.39, 0.29) is 48.0 Å². The molecule has 0 atom stereocenters. The van der Waals surface area contributed by atoms with Crippen LogP contribution in [0, 0.1) is 0 Å². The van der Waals surface area contributed by atoms with Gasteiger partial charge in [-0.2, -0.15) is 0 Å². The minimum absolute atomic E-state index is 0. The Hall–Kier alpha value is 0.960. The fraction of sp³-hybridized carbons (Fsp3) is 1.00. The van der Waals surface area contributed by atoms with Crippen molar-refractivity contribution in [3.8, 4) is 0 Å². The van der Waals surface area contributed by atoms with E-state index in [9.17, 15) is 8.42 Å². The van der Waals surface area contributed by atoms with E-state index in [0.29, 0.717) is 0 Å². The maximum Gasteiger partial charge on any atom is 0 e. The van der Waals surface area contributed by atoms with Gasteiger partial charge in [-0.15, -0.1) is 0 Å². The van der Waals surface area contributed by atoms with Gasteiger partial charge in [0, 0.05) is 22.4 Å². The molecule has 6 nitrogen and oxygen atoms in total. The van der Waals surface area contributed by atoms with E-state index in [0.717, 1.165) is 0 Å². The molecule has 17 heavy (non-hydrogen) atoms. The van der Waals surface area contributed by atoms with E-state index in [1.165, 1.54) is 6.92 Å². The summed E-state index contributed by atoms with van der Waals surface area (Å²) in [5, 5.41) is 0. The van der Waals surface area contributed by atoms with Crippen LogP contribution in [0.2, 0.25) is 0 Å². The van der Waals surface area contributed by atoms with Gasteiger partial charge in [0.25, 0.3) is 0 Å². The molecule has 0 unspecified atom stereocenters. The van der Waals surface area contributed by atoms with Crippen LogP contribution in [-0.2, 0) is 50.0 Å². The van der Waals surface area contributed by atoms with E-state index < -0.39 is 18.3 Å². The van der Waals surface area contributed by atoms with Crippen LogP contribution in [0.15, 0.2) is 0 Å². The standard InChI is InChI=1S/C8H21O6PS.Ag/c1-5-11-15(12-6-2,13-7-3)14-16(9,10)8-4;/h15H,5-8H2,1-4H3;. The van der Waals surface area contributed by atoms with Gasteiger partial charge in [-0.1, -0.05) is 0 Å². The summed E-state index contributed by atoms with van der Waals surface area (Å²) in [5.74, 6) is -0.144. The third kappa shape index (κ3) is 7.87. The summed E-state index contributed by atoms with van der Waals surface area (Å²) < 4.78 is 43.5. The molecule has 0 aromatic rings. The molecule has 9 heteroatoms. The van der Waals surface area contributed by atoms with Crippen molar-refractivity contribution in [3.05, 3.63) is 0 Å². The van der Waals surface area contributed by atoms with Crippen molar-refractivity contribution in [2.45, 2.75) is 27.7 Å². The second kappa shape index (κ2) is 9.83. The second-order valence-corrected chi connectivity index (χ2v) is 6.95. The van der Waals surface area contributed by atoms with Crippen molar-refractivity contribution < 1.29 is 48.3 Å². The van der Waals surface area contributed by atoms with Gasteiger partial charge in [0.15, 0.2) is 0 Å². The maximum atomic E-state index is 11.4. The molecular formula is C8H21AgO6PS. The van der Waals surface area contributed by atoms with Crippen molar-refractivity contribution >= 4 is 18.3 Å². The summed E-state index contributed by atoms with van der Waals surface area (Å²) >= 11 is 0. The Balaban J connectivity index is 0. The predicted octanol–water partition coefficient (Wildman–Crippen LogP) is 1.87. The molecule has 0 aromatic heterocycles. The molecule has 0 heterocycles. The number of hydrogen-bond donors (Lipinski definition) is 0. The summed E-state index contributed by atoms with van der Waals surface area (Å²) in [6.07, 6.45) is 0. The van der Waals surface area contributed by atoms with Crippen LogP contribution < -0.4 is 0 Å². The van der Waals surface area contributed by atoms with Crippen LogP contribution in [0.3, 0.4) is 0 Å². The molecule has 0 bridgehead atoms. The topological polar surface area (TPSA) is 71.1 Å². The summed E-state index contributed by atoms with van der Waals surface area (Å²) in [7, 11) is -7.20.